The predicted octanol–water partition coefficient (Wildman–Crippen LogP) is 1.58. The number of piperidine rings is 1. The summed E-state index contributed by atoms with van der Waals surface area (Å²) in [7, 11) is 0. The highest BCUT2D eigenvalue weighted by Gasteiger charge is 2.23. The number of nitrogens with one attached hydrogen (secondary N) is 1. The Balaban J connectivity index is 1.62. The minimum atomic E-state index is 0.693. The average Bonchev–Trinajstić information content (AvgIpc) is 2.40. The van der Waals surface area contributed by atoms with Gasteiger partial charge in [0.25, 0.3) is 0 Å². The van der Waals surface area contributed by atoms with Crippen molar-refractivity contribution in [2.75, 3.05) is 32.7 Å². The molecule has 1 aliphatic carbocycles. The molecule has 3 heteroatoms. The summed E-state index contributed by atoms with van der Waals surface area (Å²) in [5, 5.41) is 3.75. The SMILES string of the molecule is NCC1CCCCC1NCCN1CCCCC1. The molecule has 0 aromatic rings. The molecule has 1 heterocycles. The molecule has 3 nitrogen and oxygen atoms in total. The van der Waals surface area contributed by atoms with E-state index in [9.17, 15) is 0 Å². The lowest BCUT2D eigenvalue weighted by atomic mass is 9.84. The molecule has 2 unspecified atom stereocenters. The van der Waals surface area contributed by atoms with E-state index in [0.717, 1.165) is 19.0 Å². The second kappa shape index (κ2) is 7.34. The summed E-state index contributed by atoms with van der Waals surface area (Å²) in [6.45, 7) is 5.87. The molecule has 1 aliphatic heterocycles. The minimum Gasteiger partial charge on any atom is -0.330 e. The topological polar surface area (TPSA) is 41.3 Å². The van der Waals surface area contributed by atoms with Crippen LogP contribution in [0.25, 0.3) is 0 Å². The summed E-state index contributed by atoms with van der Waals surface area (Å²) in [4.78, 5) is 2.61. The van der Waals surface area contributed by atoms with Crippen LogP contribution in [0.3, 0.4) is 0 Å². The predicted molar refractivity (Wildman–Crippen MR) is 73.1 cm³/mol. The van der Waals surface area contributed by atoms with Gasteiger partial charge in [-0.2, -0.15) is 0 Å². The van der Waals surface area contributed by atoms with Crippen molar-refractivity contribution in [3.8, 4) is 0 Å². The zero-order chi connectivity index (χ0) is 11.9. The maximum Gasteiger partial charge on any atom is 0.0108 e. The average molecular weight is 239 g/mol. The second-order valence-corrected chi connectivity index (χ2v) is 5.74. The zero-order valence-electron chi connectivity index (χ0n) is 11.2. The molecule has 2 fully saturated rings. The second-order valence-electron chi connectivity index (χ2n) is 5.74. The van der Waals surface area contributed by atoms with Crippen LogP contribution in [0.1, 0.15) is 44.9 Å². The van der Waals surface area contributed by atoms with Gasteiger partial charge in [-0.1, -0.05) is 19.3 Å². The Hall–Kier alpha value is -0.120. The van der Waals surface area contributed by atoms with Gasteiger partial charge in [0.15, 0.2) is 0 Å². The maximum absolute atomic E-state index is 5.86. The molecule has 2 aliphatic rings. The van der Waals surface area contributed by atoms with Gasteiger partial charge in [-0.15, -0.1) is 0 Å². The smallest absolute Gasteiger partial charge is 0.0108 e. The van der Waals surface area contributed by atoms with E-state index >= 15 is 0 Å². The number of nitrogens with two attached hydrogens (primary N) is 1. The van der Waals surface area contributed by atoms with E-state index in [1.165, 1.54) is 64.6 Å². The number of likely N-dealkylation sites (tertiary alicyclic amines) is 1. The molecule has 17 heavy (non-hydrogen) atoms. The van der Waals surface area contributed by atoms with E-state index in [2.05, 4.69) is 10.2 Å². The summed E-state index contributed by atoms with van der Waals surface area (Å²) in [5.41, 5.74) is 5.86. The first-order valence-corrected chi connectivity index (χ1v) is 7.56. The quantitative estimate of drug-likeness (QED) is 0.765. The highest BCUT2D eigenvalue weighted by atomic mass is 15.1. The van der Waals surface area contributed by atoms with Crippen molar-refractivity contribution in [1.29, 1.82) is 0 Å². The van der Waals surface area contributed by atoms with E-state index in [0.29, 0.717) is 6.04 Å². The Labute approximate surface area is 106 Å². The van der Waals surface area contributed by atoms with Crippen molar-refractivity contribution in [2.45, 2.75) is 51.0 Å². The van der Waals surface area contributed by atoms with Crippen molar-refractivity contribution in [3.63, 3.8) is 0 Å². The molecule has 0 bridgehead atoms. The van der Waals surface area contributed by atoms with Gasteiger partial charge in [0.1, 0.15) is 0 Å². The van der Waals surface area contributed by atoms with E-state index in [1.807, 2.05) is 0 Å². The molecular formula is C14H29N3. The monoisotopic (exact) mass is 239 g/mol. The molecule has 3 N–H and O–H groups in total. The maximum atomic E-state index is 5.86. The van der Waals surface area contributed by atoms with Crippen LogP contribution < -0.4 is 11.1 Å². The van der Waals surface area contributed by atoms with Crippen molar-refractivity contribution in [1.82, 2.24) is 10.2 Å². The number of hydrogen-bond donors (Lipinski definition) is 2. The van der Waals surface area contributed by atoms with Crippen LogP contribution in [-0.4, -0.2) is 43.7 Å². The van der Waals surface area contributed by atoms with Crippen LogP contribution in [0.15, 0.2) is 0 Å². The largest absolute Gasteiger partial charge is 0.330 e. The lowest BCUT2D eigenvalue weighted by molar-refractivity contribution is 0.211. The highest BCUT2D eigenvalue weighted by molar-refractivity contribution is 4.81. The highest BCUT2D eigenvalue weighted by Crippen LogP contribution is 2.23. The summed E-state index contributed by atoms with van der Waals surface area (Å²) in [6.07, 6.45) is 9.66. The molecule has 0 aromatic carbocycles. The first-order valence-electron chi connectivity index (χ1n) is 7.56. The number of rotatable bonds is 5. The number of hydrogen-bond acceptors (Lipinski definition) is 3. The van der Waals surface area contributed by atoms with Gasteiger partial charge < -0.3 is 16.0 Å². The Kier molecular flexibility index (Phi) is 5.75. The standard InChI is InChI=1S/C14H29N3/c15-12-13-6-2-3-7-14(13)16-8-11-17-9-4-1-5-10-17/h13-14,16H,1-12,15H2. The first-order chi connectivity index (χ1) is 8.40. The van der Waals surface area contributed by atoms with Crippen LogP contribution in [0.2, 0.25) is 0 Å². The van der Waals surface area contributed by atoms with Crippen LogP contribution in [0.4, 0.5) is 0 Å². The third-order valence-electron chi connectivity index (χ3n) is 4.50. The normalized spacial score (nSPS) is 31.6. The van der Waals surface area contributed by atoms with Gasteiger partial charge in [-0.05, 0) is 51.2 Å². The fourth-order valence-electron chi connectivity index (χ4n) is 3.35. The van der Waals surface area contributed by atoms with Crippen molar-refractivity contribution in [2.24, 2.45) is 11.7 Å². The molecule has 0 amide bonds. The lowest BCUT2D eigenvalue weighted by Crippen LogP contribution is -2.45. The van der Waals surface area contributed by atoms with Crippen LogP contribution in [-0.2, 0) is 0 Å². The van der Waals surface area contributed by atoms with Gasteiger partial charge in [-0.25, -0.2) is 0 Å². The summed E-state index contributed by atoms with van der Waals surface area (Å²) in [6, 6.07) is 0.693. The van der Waals surface area contributed by atoms with Crippen LogP contribution in [0, 0.1) is 5.92 Å². The van der Waals surface area contributed by atoms with Gasteiger partial charge >= 0.3 is 0 Å². The summed E-state index contributed by atoms with van der Waals surface area (Å²) < 4.78 is 0. The minimum absolute atomic E-state index is 0.693. The van der Waals surface area contributed by atoms with E-state index in [-0.39, 0.29) is 0 Å². The Morgan fingerprint density at radius 2 is 1.76 bits per heavy atom. The van der Waals surface area contributed by atoms with Crippen molar-refractivity contribution >= 4 is 0 Å². The first kappa shape index (κ1) is 13.3. The van der Waals surface area contributed by atoms with E-state index in [4.69, 9.17) is 5.73 Å². The molecule has 0 radical (unpaired) electrons. The molecule has 1 saturated heterocycles. The molecule has 2 atom stereocenters. The third-order valence-corrected chi connectivity index (χ3v) is 4.50. The van der Waals surface area contributed by atoms with Gasteiger partial charge in [0.05, 0.1) is 0 Å². The van der Waals surface area contributed by atoms with Gasteiger partial charge in [-0.3, -0.25) is 0 Å². The molecule has 1 saturated carbocycles. The lowest BCUT2D eigenvalue weighted by Gasteiger charge is -2.33. The van der Waals surface area contributed by atoms with Crippen molar-refractivity contribution < 1.29 is 0 Å². The Morgan fingerprint density at radius 3 is 2.53 bits per heavy atom. The van der Waals surface area contributed by atoms with Crippen LogP contribution in [0.5, 0.6) is 0 Å². The summed E-state index contributed by atoms with van der Waals surface area (Å²) >= 11 is 0. The molecule has 2 rings (SSSR count). The van der Waals surface area contributed by atoms with E-state index < -0.39 is 0 Å². The molecular weight excluding hydrogens is 210 g/mol. The number of nitrogens with zero attached hydrogens (tertiary/aromatic N) is 1. The Morgan fingerprint density at radius 1 is 1.00 bits per heavy atom. The van der Waals surface area contributed by atoms with Crippen LogP contribution >= 0.6 is 0 Å². The fourth-order valence-corrected chi connectivity index (χ4v) is 3.35. The Bertz CT molecular complexity index is 202. The van der Waals surface area contributed by atoms with Gasteiger partial charge in [0, 0.05) is 19.1 Å². The van der Waals surface area contributed by atoms with E-state index in [1.54, 1.807) is 0 Å². The molecule has 0 aromatic heterocycles. The molecule has 0 spiro atoms. The van der Waals surface area contributed by atoms with Gasteiger partial charge in [0.2, 0.25) is 0 Å². The zero-order valence-corrected chi connectivity index (χ0v) is 11.2. The third kappa shape index (κ3) is 4.23. The molecule has 100 valence electrons. The summed E-state index contributed by atoms with van der Waals surface area (Å²) in [5.74, 6) is 0.727. The fraction of sp³-hybridized carbons (Fsp3) is 1.00. The van der Waals surface area contributed by atoms with Crippen molar-refractivity contribution in [3.05, 3.63) is 0 Å².